The van der Waals surface area contributed by atoms with Gasteiger partial charge in [-0.2, -0.15) is 0 Å². The summed E-state index contributed by atoms with van der Waals surface area (Å²) in [7, 11) is 0. The Balaban J connectivity index is 2.13. The molecule has 1 heterocycles. The van der Waals surface area contributed by atoms with E-state index in [1.165, 1.54) is 12.1 Å². The Bertz CT molecular complexity index is 453. The van der Waals surface area contributed by atoms with Crippen molar-refractivity contribution in [3.8, 4) is 0 Å². The van der Waals surface area contributed by atoms with Crippen LogP contribution in [0.4, 0.5) is 10.2 Å². The highest BCUT2D eigenvalue weighted by molar-refractivity contribution is 5.38. The zero-order chi connectivity index (χ0) is 12.1. The standard InChI is InChI=1S/C14H15FN2/c1-2-17(14-5-3-4-10-16-14)11-12-6-8-13(15)9-7-12/h3-10H,2,11H2,1H3. The Kier molecular flexibility index (Phi) is 3.70. The fourth-order valence-electron chi connectivity index (χ4n) is 1.71. The van der Waals surface area contributed by atoms with E-state index in [1.54, 1.807) is 18.3 Å². The maximum Gasteiger partial charge on any atom is 0.128 e. The van der Waals surface area contributed by atoms with Crippen LogP contribution in [-0.2, 0) is 6.54 Å². The molecule has 3 heteroatoms. The third-order valence-electron chi connectivity index (χ3n) is 2.64. The van der Waals surface area contributed by atoms with Crippen molar-refractivity contribution in [3.63, 3.8) is 0 Å². The number of anilines is 1. The number of pyridine rings is 1. The summed E-state index contributed by atoms with van der Waals surface area (Å²) in [6.45, 7) is 3.69. The summed E-state index contributed by atoms with van der Waals surface area (Å²) in [6.07, 6.45) is 1.78. The van der Waals surface area contributed by atoms with Crippen molar-refractivity contribution in [1.82, 2.24) is 4.98 Å². The highest BCUT2D eigenvalue weighted by Crippen LogP contribution is 2.13. The Morgan fingerprint density at radius 3 is 2.47 bits per heavy atom. The molecule has 2 rings (SSSR count). The van der Waals surface area contributed by atoms with Crippen molar-refractivity contribution in [2.45, 2.75) is 13.5 Å². The molecule has 0 bridgehead atoms. The lowest BCUT2D eigenvalue weighted by atomic mass is 10.2. The minimum atomic E-state index is -0.199. The summed E-state index contributed by atoms with van der Waals surface area (Å²) in [5.41, 5.74) is 1.08. The molecule has 0 N–H and O–H groups in total. The zero-order valence-corrected chi connectivity index (χ0v) is 9.81. The van der Waals surface area contributed by atoms with Gasteiger partial charge < -0.3 is 4.90 Å². The second-order valence-electron chi connectivity index (χ2n) is 3.83. The van der Waals surface area contributed by atoms with Crippen molar-refractivity contribution in [2.75, 3.05) is 11.4 Å². The number of rotatable bonds is 4. The van der Waals surface area contributed by atoms with Crippen LogP contribution in [0.15, 0.2) is 48.7 Å². The van der Waals surface area contributed by atoms with E-state index < -0.39 is 0 Å². The van der Waals surface area contributed by atoms with Gasteiger partial charge in [-0.25, -0.2) is 9.37 Å². The highest BCUT2D eigenvalue weighted by atomic mass is 19.1. The summed E-state index contributed by atoms with van der Waals surface area (Å²) in [4.78, 5) is 6.46. The first kappa shape index (κ1) is 11.6. The predicted octanol–water partition coefficient (Wildman–Crippen LogP) is 3.25. The third kappa shape index (κ3) is 3.03. The van der Waals surface area contributed by atoms with E-state index in [4.69, 9.17) is 0 Å². The van der Waals surface area contributed by atoms with Gasteiger partial charge in [0.1, 0.15) is 11.6 Å². The molecule has 2 nitrogen and oxygen atoms in total. The number of aromatic nitrogens is 1. The van der Waals surface area contributed by atoms with Gasteiger partial charge in [0.25, 0.3) is 0 Å². The summed E-state index contributed by atoms with van der Waals surface area (Å²) in [6, 6.07) is 12.4. The van der Waals surface area contributed by atoms with E-state index in [0.29, 0.717) is 0 Å². The summed E-state index contributed by atoms with van der Waals surface area (Å²) < 4.78 is 12.8. The van der Waals surface area contributed by atoms with Crippen molar-refractivity contribution in [1.29, 1.82) is 0 Å². The van der Waals surface area contributed by atoms with E-state index >= 15 is 0 Å². The van der Waals surface area contributed by atoms with Crippen LogP contribution in [0.2, 0.25) is 0 Å². The molecular weight excluding hydrogens is 215 g/mol. The second-order valence-corrected chi connectivity index (χ2v) is 3.83. The summed E-state index contributed by atoms with van der Waals surface area (Å²) >= 11 is 0. The van der Waals surface area contributed by atoms with Crippen LogP contribution in [0.3, 0.4) is 0 Å². The largest absolute Gasteiger partial charge is 0.353 e. The molecule has 88 valence electrons. The van der Waals surface area contributed by atoms with Gasteiger partial charge in [-0.05, 0) is 36.8 Å². The summed E-state index contributed by atoms with van der Waals surface area (Å²) in [5, 5.41) is 0. The van der Waals surface area contributed by atoms with Crippen molar-refractivity contribution >= 4 is 5.82 Å². The van der Waals surface area contributed by atoms with Crippen LogP contribution in [-0.4, -0.2) is 11.5 Å². The molecule has 0 aliphatic heterocycles. The van der Waals surface area contributed by atoms with Crippen LogP contribution in [0.1, 0.15) is 12.5 Å². The number of hydrogen-bond donors (Lipinski definition) is 0. The minimum absolute atomic E-state index is 0.199. The highest BCUT2D eigenvalue weighted by Gasteiger charge is 2.05. The fraction of sp³-hybridized carbons (Fsp3) is 0.214. The molecule has 0 radical (unpaired) electrons. The van der Waals surface area contributed by atoms with Gasteiger partial charge in [0, 0.05) is 19.3 Å². The molecule has 0 atom stereocenters. The van der Waals surface area contributed by atoms with E-state index in [9.17, 15) is 4.39 Å². The smallest absolute Gasteiger partial charge is 0.128 e. The second kappa shape index (κ2) is 5.43. The molecule has 2 aromatic rings. The Hall–Kier alpha value is -1.90. The Morgan fingerprint density at radius 2 is 1.88 bits per heavy atom. The van der Waals surface area contributed by atoms with Crippen LogP contribution in [0.25, 0.3) is 0 Å². The molecule has 0 spiro atoms. The lowest BCUT2D eigenvalue weighted by Gasteiger charge is -2.21. The van der Waals surface area contributed by atoms with E-state index in [1.807, 2.05) is 18.2 Å². The number of halogens is 1. The van der Waals surface area contributed by atoms with E-state index in [0.717, 1.165) is 24.5 Å². The SMILES string of the molecule is CCN(Cc1ccc(F)cc1)c1ccccn1. The molecule has 0 amide bonds. The van der Waals surface area contributed by atoms with E-state index in [-0.39, 0.29) is 5.82 Å². The average Bonchev–Trinajstić information content (AvgIpc) is 2.39. The topological polar surface area (TPSA) is 16.1 Å². The van der Waals surface area contributed by atoms with Crippen LogP contribution in [0, 0.1) is 5.82 Å². The van der Waals surface area contributed by atoms with Crippen molar-refractivity contribution in [3.05, 3.63) is 60.0 Å². The van der Waals surface area contributed by atoms with E-state index in [2.05, 4.69) is 16.8 Å². The molecule has 0 fully saturated rings. The van der Waals surface area contributed by atoms with Crippen LogP contribution in [0.5, 0.6) is 0 Å². The molecule has 0 aliphatic rings. The lowest BCUT2D eigenvalue weighted by molar-refractivity contribution is 0.626. The molecule has 1 aromatic carbocycles. The average molecular weight is 230 g/mol. The Labute approximate surface area is 101 Å². The normalized spacial score (nSPS) is 10.2. The van der Waals surface area contributed by atoms with Crippen LogP contribution >= 0.6 is 0 Å². The quantitative estimate of drug-likeness (QED) is 0.801. The van der Waals surface area contributed by atoms with Gasteiger partial charge in [0.05, 0.1) is 0 Å². The molecular formula is C14H15FN2. The molecule has 0 unspecified atom stereocenters. The lowest BCUT2D eigenvalue weighted by Crippen LogP contribution is -2.22. The van der Waals surface area contributed by atoms with Gasteiger partial charge in [-0.1, -0.05) is 18.2 Å². The molecule has 0 aliphatic carbocycles. The van der Waals surface area contributed by atoms with Crippen molar-refractivity contribution < 1.29 is 4.39 Å². The molecule has 1 aromatic heterocycles. The third-order valence-corrected chi connectivity index (χ3v) is 2.64. The number of nitrogens with zero attached hydrogens (tertiary/aromatic N) is 2. The number of hydrogen-bond acceptors (Lipinski definition) is 2. The first-order valence-electron chi connectivity index (χ1n) is 5.70. The number of benzene rings is 1. The molecule has 0 saturated carbocycles. The van der Waals surface area contributed by atoms with Gasteiger partial charge in [-0.3, -0.25) is 0 Å². The maximum absolute atomic E-state index is 12.8. The predicted molar refractivity (Wildman–Crippen MR) is 67.4 cm³/mol. The molecule has 17 heavy (non-hydrogen) atoms. The van der Waals surface area contributed by atoms with Gasteiger partial charge >= 0.3 is 0 Å². The zero-order valence-electron chi connectivity index (χ0n) is 9.81. The van der Waals surface area contributed by atoms with Gasteiger partial charge in [-0.15, -0.1) is 0 Å². The minimum Gasteiger partial charge on any atom is -0.353 e. The maximum atomic E-state index is 12.8. The van der Waals surface area contributed by atoms with Gasteiger partial charge in [0.15, 0.2) is 0 Å². The molecule has 0 saturated heterocycles. The van der Waals surface area contributed by atoms with Crippen molar-refractivity contribution in [2.24, 2.45) is 0 Å². The fourth-order valence-corrected chi connectivity index (χ4v) is 1.71. The van der Waals surface area contributed by atoms with Gasteiger partial charge in [0.2, 0.25) is 0 Å². The van der Waals surface area contributed by atoms with Crippen LogP contribution < -0.4 is 4.90 Å². The monoisotopic (exact) mass is 230 g/mol. The summed E-state index contributed by atoms with van der Waals surface area (Å²) in [5.74, 6) is 0.744. The first-order chi connectivity index (χ1) is 8.29. The first-order valence-corrected chi connectivity index (χ1v) is 5.70. The Morgan fingerprint density at radius 1 is 1.12 bits per heavy atom.